The molecule has 1 aromatic heterocycles. The van der Waals surface area contributed by atoms with Crippen LogP contribution in [-0.2, 0) is 6.54 Å². The standard InChI is InChI=1S/C14H24N4OS/c1-5-18-12(8-11(4)16-18)14(19)17(9-10(2)3)7-6-13(15)20/h8,10H,5-7,9H2,1-4H3,(H2,15,20). The van der Waals surface area contributed by atoms with Crippen molar-refractivity contribution in [2.75, 3.05) is 13.1 Å². The van der Waals surface area contributed by atoms with Crippen LogP contribution in [0, 0.1) is 12.8 Å². The highest BCUT2D eigenvalue weighted by molar-refractivity contribution is 7.80. The molecular weight excluding hydrogens is 272 g/mol. The van der Waals surface area contributed by atoms with Crippen LogP contribution in [0.2, 0.25) is 0 Å². The first-order chi connectivity index (χ1) is 9.35. The van der Waals surface area contributed by atoms with Crippen LogP contribution in [0.4, 0.5) is 0 Å². The van der Waals surface area contributed by atoms with Gasteiger partial charge in [-0.25, -0.2) is 0 Å². The number of carbonyl (C=O) groups excluding carboxylic acids is 1. The molecule has 0 aromatic carbocycles. The molecule has 5 nitrogen and oxygen atoms in total. The fourth-order valence-corrected chi connectivity index (χ4v) is 2.17. The third kappa shape index (κ3) is 4.59. The minimum Gasteiger partial charge on any atom is -0.393 e. The van der Waals surface area contributed by atoms with Crippen molar-refractivity contribution in [1.29, 1.82) is 0 Å². The lowest BCUT2D eigenvalue weighted by Gasteiger charge is -2.24. The molecule has 1 amide bonds. The minimum atomic E-state index is -0.00241. The Kier molecular flexibility index (Phi) is 6.13. The molecule has 1 heterocycles. The van der Waals surface area contributed by atoms with Gasteiger partial charge in [0.2, 0.25) is 0 Å². The van der Waals surface area contributed by atoms with E-state index >= 15 is 0 Å². The fourth-order valence-electron chi connectivity index (χ4n) is 2.08. The number of rotatable bonds is 7. The second-order valence-electron chi connectivity index (χ2n) is 5.35. The number of thiocarbonyl (C=S) groups is 1. The highest BCUT2D eigenvalue weighted by atomic mass is 32.1. The fraction of sp³-hybridized carbons (Fsp3) is 0.643. The lowest BCUT2D eigenvalue weighted by molar-refractivity contribution is 0.0728. The number of aryl methyl sites for hydroxylation is 2. The lowest BCUT2D eigenvalue weighted by atomic mass is 10.2. The number of hydrogen-bond donors (Lipinski definition) is 1. The molecule has 0 aliphatic carbocycles. The van der Waals surface area contributed by atoms with Gasteiger partial charge in [-0.3, -0.25) is 9.48 Å². The summed E-state index contributed by atoms with van der Waals surface area (Å²) in [5.74, 6) is 0.391. The van der Waals surface area contributed by atoms with Gasteiger partial charge in [-0.1, -0.05) is 26.1 Å². The van der Waals surface area contributed by atoms with Gasteiger partial charge in [0, 0.05) is 26.1 Å². The van der Waals surface area contributed by atoms with Crippen LogP contribution in [0.5, 0.6) is 0 Å². The number of hydrogen-bond acceptors (Lipinski definition) is 3. The first-order valence-corrected chi connectivity index (χ1v) is 7.38. The lowest BCUT2D eigenvalue weighted by Crippen LogP contribution is -2.37. The maximum absolute atomic E-state index is 12.7. The number of amides is 1. The van der Waals surface area contributed by atoms with E-state index in [-0.39, 0.29) is 5.91 Å². The number of nitrogens with zero attached hydrogens (tertiary/aromatic N) is 3. The van der Waals surface area contributed by atoms with Gasteiger partial charge < -0.3 is 10.6 Å². The molecule has 0 spiro atoms. The van der Waals surface area contributed by atoms with Crippen molar-refractivity contribution in [3.05, 3.63) is 17.5 Å². The molecule has 0 unspecified atom stereocenters. The number of carbonyl (C=O) groups is 1. The van der Waals surface area contributed by atoms with Crippen LogP contribution in [0.1, 0.15) is 43.4 Å². The molecule has 0 aliphatic rings. The maximum atomic E-state index is 12.7. The van der Waals surface area contributed by atoms with Crippen LogP contribution < -0.4 is 5.73 Å². The summed E-state index contributed by atoms with van der Waals surface area (Å²) in [6.45, 7) is 9.97. The van der Waals surface area contributed by atoms with Gasteiger partial charge in [0.1, 0.15) is 5.69 Å². The van der Waals surface area contributed by atoms with Gasteiger partial charge in [-0.15, -0.1) is 0 Å². The predicted octanol–water partition coefficient (Wildman–Crippen LogP) is 1.99. The average molecular weight is 296 g/mol. The van der Waals surface area contributed by atoms with Crippen molar-refractivity contribution in [3.63, 3.8) is 0 Å². The molecule has 20 heavy (non-hydrogen) atoms. The van der Waals surface area contributed by atoms with E-state index in [9.17, 15) is 4.79 Å². The first kappa shape index (κ1) is 16.6. The van der Waals surface area contributed by atoms with Crippen molar-refractivity contribution in [2.24, 2.45) is 11.7 Å². The van der Waals surface area contributed by atoms with Crippen LogP contribution in [-0.4, -0.2) is 38.7 Å². The number of aromatic nitrogens is 2. The van der Waals surface area contributed by atoms with Gasteiger partial charge in [0.25, 0.3) is 5.91 Å². The third-order valence-corrected chi connectivity index (χ3v) is 3.13. The maximum Gasteiger partial charge on any atom is 0.272 e. The van der Waals surface area contributed by atoms with Crippen LogP contribution in [0.25, 0.3) is 0 Å². The van der Waals surface area contributed by atoms with E-state index in [0.29, 0.717) is 42.7 Å². The Balaban J connectivity index is 2.93. The summed E-state index contributed by atoms with van der Waals surface area (Å²) in [6.07, 6.45) is 0.549. The van der Waals surface area contributed by atoms with Crippen molar-refractivity contribution in [1.82, 2.24) is 14.7 Å². The van der Waals surface area contributed by atoms with Gasteiger partial charge in [0.15, 0.2) is 0 Å². The Labute approximate surface area is 126 Å². The van der Waals surface area contributed by atoms with Gasteiger partial charge in [-0.2, -0.15) is 5.10 Å². The third-order valence-electron chi connectivity index (χ3n) is 2.92. The average Bonchev–Trinajstić information content (AvgIpc) is 2.74. The highest BCUT2D eigenvalue weighted by Gasteiger charge is 2.21. The van der Waals surface area contributed by atoms with E-state index in [4.69, 9.17) is 18.0 Å². The second-order valence-corrected chi connectivity index (χ2v) is 5.87. The number of nitrogens with two attached hydrogens (primary N) is 1. The van der Waals surface area contributed by atoms with Crippen LogP contribution in [0.15, 0.2) is 6.07 Å². The quantitative estimate of drug-likeness (QED) is 0.782. The van der Waals surface area contributed by atoms with Crippen molar-refractivity contribution in [2.45, 2.75) is 40.7 Å². The van der Waals surface area contributed by atoms with Crippen LogP contribution >= 0.6 is 12.2 Å². The topological polar surface area (TPSA) is 64.2 Å². The predicted molar refractivity (Wildman–Crippen MR) is 84.8 cm³/mol. The largest absolute Gasteiger partial charge is 0.393 e. The first-order valence-electron chi connectivity index (χ1n) is 6.97. The summed E-state index contributed by atoms with van der Waals surface area (Å²) in [4.78, 5) is 14.9. The molecule has 0 bridgehead atoms. The van der Waals surface area contributed by atoms with Crippen molar-refractivity contribution < 1.29 is 4.79 Å². The Morgan fingerprint density at radius 2 is 2.20 bits per heavy atom. The van der Waals surface area contributed by atoms with Crippen molar-refractivity contribution >= 4 is 23.1 Å². The molecule has 0 fully saturated rings. The van der Waals surface area contributed by atoms with E-state index in [0.717, 1.165) is 5.69 Å². The van der Waals surface area contributed by atoms with Gasteiger partial charge in [0.05, 0.1) is 10.7 Å². The SMILES string of the molecule is CCn1nc(C)cc1C(=O)N(CCC(N)=S)CC(C)C. The minimum absolute atomic E-state index is 0.00241. The zero-order valence-corrected chi connectivity index (χ0v) is 13.5. The van der Waals surface area contributed by atoms with Gasteiger partial charge >= 0.3 is 0 Å². The summed E-state index contributed by atoms with van der Waals surface area (Å²) in [5.41, 5.74) is 7.04. The van der Waals surface area contributed by atoms with Gasteiger partial charge in [-0.05, 0) is 25.8 Å². The monoisotopic (exact) mass is 296 g/mol. The molecule has 2 N–H and O–H groups in total. The van der Waals surface area contributed by atoms with E-state index in [2.05, 4.69) is 18.9 Å². The Hall–Kier alpha value is -1.43. The summed E-state index contributed by atoms with van der Waals surface area (Å²) in [5, 5.41) is 4.33. The molecule has 1 rings (SSSR count). The molecule has 0 atom stereocenters. The zero-order chi connectivity index (χ0) is 15.3. The molecular formula is C14H24N4OS. The van der Waals surface area contributed by atoms with E-state index in [1.165, 1.54) is 0 Å². The molecule has 112 valence electrons. The summed E-state index contributed by atoms with van der Waals surface area (Å²) in [6, 6.07) is 1.83. The Bertz CT molecular complexity index is 482. The Morgan fingerprint density at radius 1 is 1.55 bits per heavy atom. The second kappa shape index (κ2) is 7.38. The Morgan fingerprint density at radius 3 is 2.70 bits per heavy atom. The smallest absolute Gasteiger partial charge is 0.272 e. The van der Waals surface area contributed by atoms with E-state index in [1.54, 1.807) is 4.68 Å². The summed E-state index contributed by atoms with van der Waals surface area (Å²) < 4.78 is 1.74. The summed E-state index contributed by atoms with van der Waals surface area (Å²) in [7, 11) is 0. The highest BCUT2D eigenvalue weighted by Crippen LogP contribution is 2.10. The molecule has 0 saturated heterocycles. The molecule has 0 aliphatic heterocycles. The molecule has 0 saturated carbocycles. The molecule has 6 heteroatoms. The molecule has 0 radical (unpaired) electrons. The van der Waals surface area contributed by atoms with Crippen molar-refractivity contribution in [3.8, 4) is 0 Å². The van der Waals surface area contributed by atoms with E-state index in [1.807, 2.05) is 24.8 Å². The summed E-state index contributed by atoms with van der Waals surface area (Å²) >= 11 is 4.91. The van der Waals surface area contributed by atoms with E-state index < -0.39 is 0 Å². The zero-order valence-electron chi connectivity index (χ0n) is 12.7. The normalized spacial score (nSPS) is 10.8. The van der Waals surface area contributed by atoms with Crippen LogP contribution in [0.3, 0.4) is 0 Å². The molecule has 1 aromatic rings.